The van der Waals surface area contributed by atoms with Crippen molar-refractivity contribution < 1.29 is 4.79 Å². The standard InChI is InChI=1S/C8H15OP/c1-6-3-4-7(10-2)5-8(6)9/h6-7,10H,3-5H2,1-2H3/t6?,7-/m1/s1. The molecule has 2 heteroatoms. The SMILES string of the molecule is CP[C@@H]1CCC(C)C(=O)C1. The van der Waals surface area contributed by atoms with E-state index in [4.69, 9.17) is 0 Å². The van der Waals surface area contributed by atoms with Crippen molar-refractivity contribution in [1.82, 2.24) is 0 Å². The highest BCUT2D eigenvalue weighted by Gasteiger charge is 2.23. The van der Waals surface area contributed by atoms with Crippen LogP contribution in [0, 0.1) is 5.92 Å². The first-order valence-electron chi connectivity index (χ1n) is 3.94. The number of Topliss-reactive ketones (excluding diaryl/α,β-unsaturated/α-hetero) is 1. The number of hydrogen-bond donors (Lipinski definition) is 0. The molecule has 10 heavy (non-hydrogen) atoms. The Labute approximate surface area is 64.4 Å². The van der Waals surface area contributed by atoms with E-state index < -0.39 is 0 Å². The van der Waals surface area contributed by atoms with Crippen molar-refractivity contribution in [3.63, 3.8) is 0 Å². The lowest BCUT2D eigenvalue weighted by molar-refractivity contribution is -0.123. The molecule has 0 amide bonds. The second-order valence-corrected chi connectivity index (χ2v) is 4.53. The van der Waals surface area contributed by atoms with Gasteiger partial charge in [0.05, 0.1) is 0 Å². The minimum absolute atomic E-state index is 0.354. The van der Waals surface area contributed by atoms with Gasteiger partial charge in [0.15, 0.2) is 0 Å². The van der Waals surface area contributed by atoms with Gasteiger partial charge < -0.3 is 0 Å². The van der Waals surface area contributed by atoms with E-state index in [1.807, 2.05) is 0 Å². The largest absolute Gasteiger partial charge is 0.299 e. The number of hydrogen-bond acceptors (Lipinski definition) is 1. The van der Waals surface area contributed by atoms with Crippen molar-refractivity contribution in [2.45, 2.75) is 31.8 Å². The zero-order valence-corrected chi connectivity index (χ0v) is 7.68. The van der Waals surface area contributed by atoms with Crippen molar-refractivity contribution >= 4 is 14.4 Å². The Morgan fingerprint density at radius 3 is 2.70 bits per heavy atom. The molecular weight excluding hydrogens is 143 g/mol. The fraction of sp³-hybridized carbons (Fsp3) is 0.875. The minimum atomic E-state index is 0.354. The van der Waals surface area contributed by atoms with Crippen molar-refractivity contribution in [1.29, 1.82) is 0 Å². The Balaban J connectivity index is 2.41. The average molecular weight is 158 g/mol. The third kappa shape index (κ3) is 1.79. The van der Waals surface area contributed by atoms with E-state index in [-0.39, 0.29) is 0 Å². The van der Waals surface area contributed by atoms with Crippen LogP contribution >= 0.6 is 8.58 Å². The first-order valence-corrected chi connectivity index (χ1v) is 5.51. The van der Waals surface area contributed by atoms with E-state index in [1.165, 1.54) is 6.42 Å². The molecule has 58 valence electrons. The Bertz CT molecular complexity index is 133. The van der Waals surface area contributed by atoms with Gasteiger partial charge in [-0.25, -0.2) is 0 Å². The molecule has 0 aromatic heterocycles. The molecule has 0 spiro atoms. The highest BCUT2D eigenvalue weighted by atomic mass is 31.1. The fourth-order valence-electron chi connectivity index (χ4n) is 1.40. The summed E-state index contributed by atoms with van der Waals surface area (Å²) >= 11 is 0. The topological polar surface area (TPSA) is 17.1 Å². The van der Waals surface area contributed by atoms with Gasteiger partial charge in [-0.05, 0) is 25.2 Å². The molecule has 0 saturated heterocycles. The van der Waals surface area contributed by atoms with Crippen molar-refractivity contribution in [2.75, 3.05) is 6.66 Å². The van der Waals surface area contributed by atoms with Crippen LogP contribution in [0.4, 0.5) is 0 Å². The Hall–Kier alpha value is 0.100. The number of carbonyl (C=O) groups excluding carboxylic acids is 1. The minimum Gasteiger partial charge on any atom is -0.299 e. The maximum Gasteiger partial charge on any atom is 0.136 e. The van der Waals surface area contributed by atoms with Crippen molar-refractivity contribution in [3.05, 3.63) is 0 Å². The van der Waals surface area contributed by atoms with Gasteiger partial charge in [-0.3, -0.25) is 4.79 Å². The van der Waals surface area contributed by atoms with Crippen LogP contribution in [0.2, 0.25) is 0 Å². The summed E-state index contributed by atoms with van der Waals surface area (Å²) < 4.78 is 0. The predicted molar refractivity (Wildman–Crippen MR) is 46.0 cm³/mol. The lowest BCUT2D eigenvalue weighted by Gasteiger charge is -2.23. The quantitative estimate of drug-likeness (QED) is 0.534. The van der Waals surface area contributed by atoms with Gasteiger partial charge >= 0.3 is 0 Å². The summed E-state index contributed by atoms with van der Waals surface area (Å²) in [5.41, 5.74) is 0.726. The molecule has 0 aliphatic heterocycles. The van der Waals surface area contributed by atoms with Gasteiger partial charge in [-0.2, -0.15) is 0 Å². The van der Waals surface area contributed by atoms with E-state index in [1.54, 1.807) is 0 Å². The zero-order chi connectivity index (χ0) is 7.56. The van der Waals surface area contributed by atoms with Crippen molar-refractivity contribution in [3.8, 4) is 0 Å². The monoisotopic (exact) mass is 158 g/mol. The Morgan fingerprint density at radius 2 is 2.20 bits per heavy atom. The van der Waals surface area contributed by atoms with Crippen LogP contribution in [0.5, 0.6) is 0 Å². The molecule has 0 heterocycles. The van der Waals surface area contributed by atoms with Crippen molar-refractivity contribution in [2.24, 2.45) is 5.92 Å². The van der Waals surface area contributed by atoms with Gasteiger partial charge in [-0.1, -0.05) is 6.92 Å². The van der Waals surface area contributed by atoms with Crippen LogP contribution in [0.25, 0.3) is 0 Å². The Kier molecular flexibility index (Phi) is 2.85. The summed E-state index contributed by atoms with van der Waals surface area (Å²) in [6.45, 7) is 4.26. The average Bonchev–Trinajstić information content (AvgIpc) is 1.95. The highest BCUT2D eigenvalue weighted by Crippen LogP contribution is 2.30. The second kappa shape index (κ2) is 3.48. The van der Waals surface area contributed by atoms with E-state index in [9.17, 15) is 4.79 Å². The van der Waals surface area contributed by atoms with Gasteiger partial charge in [-0.15, -0.1) is 8.58 Å². The van der Waals surface area contributed by atoms with Crippen LogP contribution in [0.3, 0.4) is 0 Å². The molecule has 1 saturated carbocycles. The number of carbonyl (C=O) groups is 1. The first kappa shape index (κ1) is 8.20. The number of ketones is 1. The van der Waals surface area contributed by atoms with Gasteiger partial charge in [0, 0.05) is 12.3 Å². The maximum absolute atomic E-state index is 11.2. The van der Waals surface area contributed by atoms with Gasteiger partial charge in [0.25, 0.3) is 0 Å². The molecule has 0 bridgehead atoms. The summed E-state index contributed by atoms with van der Waals surface area (Å²) in [5, 5.41) is 0. The smallest absolute Gasteiger partial charge is 0.136 e. The third-order valence-electron chi connectivity index (χ3n) is 2.35. The lowest BCUT2D eigenvalue weighted by atomic mass is 9.89. The van der Waals surface area contributed by atoms with E-state index in [0.717, 1.165) is 27.1 Å². The summed E-state index contributed by atoms with van der Waals surface area (Å²) in [6, 6.07) is 0. The number of rotatable bonds is 1. The molecule has 0 N–H and O–H groups in total. The fourth-order valence-corrected chi connectivity index (χ4v) is 2.27. The summed E-state index contributed by atoms with van der Waals surface area (Å²) in [6.07, 6.45) is 3.27. The zero-order valence-electron chi connectivity index (χ0n) is 6.68. The van der Waals surface area contributed by atoms with Gasteiger partial charge in [0.2, 0.25) is 0 Å². The maximum atomic E-state index is 11.2. The molecule has 0 aromatic carbocycles. The van der Waals surface area contributed by atoms with Crippen LogP contribution < -0.4 is 0 Å². The molecule has 0 aromatic rings. The lowest BCUT2D eigenvalue weighted by Crippen LogP contribution is -2.23. The predicted octanol–water partition coefficient (Wildman–Crippen LogP) is 2.05. The Morgan fingerprint density at radius 1 is 1.50 bits per heavy atom. The molecule has 1 fully saturated rings. The van der Waals surface area contributed by atoms with Crippen LogP contribution in [0.15, 0.2) is 0 Å². The van der Waals surface area contributed by atoms with Crippen LogP contribution in [-0.4, -0.2) is 18.1 Å². The van der Waals surface area contributed by atoms with Gasteiger partial charge in [0.1, 0.15) is 5.78 Å². The van der Waals surface area contributed by atoms with Crippen LogP contribution in [0.1, 0.15) is 26.2 Å². The van der Waals surface area contributed by atoms with E-state index in [0.29, 0.717) is 11.7 Å². The first-order chi connectivity index (χ1) is 4.74. The summed E-state index contributed by atoms with van der Waals surface area (Å²) in [5.74, 6) is 0.846. The molecule has 1 aliphatic rings. The van der Waals surface area contributed by atoms with E-state index >= 15 is 0 Å². The second-order valence-electron chi connectivity index (χ2n) is 3.13. The normalized spacial score (nSPS) is 35.6. The molecule has 1 nitrogen and oxygen atoms in total. The molecule has 2 unspecified atom stereocenters. The third-order valence-corrected chi connectivity index (χ3v) is 3.66. The summed E-state index contributed by atoms with van der Waals surface area (Å²) in [4.78, 5) is 11.2. The van der Waals surface area contributed by atoms with E-state index in [2.05, 4.69) is 13.6 Å². The molecular formula is C8H15OP. The summed E-state index contributed by atoms with van der Waals surface area (Å²) in [7, 11) is 0.962. The molecule has 1 rings (SSSR count). The van der Waals surface area contributed by atoms with Crippen LogP contribution in [-0.2, 0) is 4.79 Å². The highest BCUT2D eigenvalue weighted by molar-refractivity contribution is 7.38. The molecule has 0 radical (unpaired) electrons. The molecule has 1 aliphatic carbocycles. The molecule has 3 atom stereocenters.